The number of hydrogen-bond acceptors (Lipinski definition) is 4. The van der Waals surface area contributed by atoms with Crippen LogP contribution in [0.25, 0.3) is 16.8 Å². The second-order valence-electron chi connectivity index (χ2n) is 5.56. The summed E-state index contributed by atoms with van der Waals surface area (Å²) in [5.74, 6) is -0.705. The Morgan fingerprint density at radius 3 is 2.33 bits per heavy atom. The van der Waals surface area contributed by atoms with Crippen molar-refractivity contribution in [3.63, 3.8) is 0 Å². The topological polar surface area (TPSA) is 87.2 Å². The Labute approximate surface area is 153 Å². The van der Waals surface area contributed by atoms with Crippen LogP contribution in [0.3, 0.4) is 0 Å². The molecule has 27 heavy (non-hydrogen) atoms. The number of nitrogens with two attached hydrogens (primary N) is 1. The zero-order valence-corrected chi connectivity index (χ0v) is 14.8. The number of alkyl halides is 2. The molecule has 0 bridgehead atoms. The van der Waals surface area contributed by atoms with Crippen LogP contribution in [0.15, 0.2) is 53.6 Å². The van der Waals surface area contributed by atoms with Crippen molar-refractivity contribution in [2.24, 2.45) is 5.14 Å². The molecule has 0 unspecified atom stereocenters. The van der Waals surface area contributed by atoms with Crippen molar-refractivity contribution in [3.8, 4) is 22.6 Å². The lowest BCUT2D eigenvalue weighted by molar-refractivity contribution is 0.146. The molecule has 0 amide bonds. The Bertz CT molecular complexity index is 1080. The fourth-order valence-electron chi connectivity index (χ4n) is 2.53. The number of primary sulfonamides is 1. The highest BCUT2D eigenvalue weighted by Gasteiger charge is 2.21. The van der Waals surface area contributed by atoms with Crippen LogP contribution < -0.4 is 9.88 Å². The normalized spacial score (nSPS) is 11.8. The van der Waals surface area contributed by atoms with Crippen LogP contribution in [0.4, 0.5) is 13.2 Å². The quantitative estimate of drug-likeness (QED) is 0.716. The first-order chi connectivity index (χ1) is 12.7. The molecule has 3 aromatic rings. The maximum atomic E-state index is 13.9. The molecule has 0 aliphatic carbocycles. The number of methoxy groups -OCH3 is 1. The summed E-state index contributed by atoms with van der Waals surface area (Å²) in [7, 11) is -2.58. The number of benzene rings is 2. The molecular formula is C17H14F3N3O3S. The molecule has 0 radical (unpaired) electrons. The molecule has 0 atom stereocenters. The number of hydrogen-bond donors (Lipinski definition) is 1. The van der Waals surface area contributed by atoms with Crippen LogP contribution in [0.2, 0.25) is 0 Å². The second kappa shape index (κ2) is 7.05. The zero-order valence-electron chi connectivity index (χ0n) is 13.9. The van der Waals surface area contributed by atoms with Gasteiger partial charge in [0.15, 0.2) is 11.6 Å². The molecule has 3 rings (SSSR count). The second-order valence-corrected chi connectivity index (χ2v) is 7.12. The minimum absolute atomic E-state index is 0.0108. The summed E-state index contributed by atoms with van der Waals surface area (Å²) in [5, 5.41) is 8.88. The largest absolute Gasteiger partial charge is 0.494 e. The molecule has 2 aromatic carbocycles. The van der Waals surface area contributed by atoms with Crippen molar-refractivity contribution in [1.29, 1.82) is 0 Å². The van der Waals surface area contributed by atoms with Crippen molar-refractivity contribution in [2.75, 3.05) is 7.11 Å². The van der Waals surface area contributed by atoms with Crippen LogP contribution in [0.1, 0.15) is 12.1 Å². The molecule has 0 saturated carbocycles. The Hall–Kier alpha value is -2.85. The smallest absolute Gasteiger partial charge is 0.282 e. The molecule has 10 heteroatoms. The molecule has 0 spiro atoms. The average Bonchev–Trinajstić information content (AvgIpc) is 3.06. The highest BCUT2D eigenvalue weighted by atomic mass is 32.2. The van der Waals surface area contributed by atoms with Crippen molar-refractivity contribution in [1.82, 2.24) is 9.78 Å². The molecular weight excluding hydrogens is 383 g/mol. The summed E-state index contributed by atoms with van der Waals surface area (Å²) in [5.41, 5.74) is 0.0534. The van der Waals surface area contributed by atoms with Crippen LogP contribution in [0, 0.1) is 5.82 Å². The van der Waals surface area contributed by atoms with Crippen molar-refractivity contribution in [3.05, 3.63) is 60.2 Å². The van der Waals surface area contributed by atoms with Crippen LogP contribution >= 0.6 is 0 Å². The number of rotatable bonds is 5. The highest BCUT2D eigenvalue weighted by molar-refractivity contribution is 7.89. The molecule has 0 aliphatic heterocycles. The van der Waals surface area contributed by atoms with E-state index >= 15 is 0 Å². The molecule has 0 fully saturated rings. The number of aromatic nitrogens is 2. The molecule has 0 saturated heterocycles. The van der Waals surface area contributed by atoms with Gasteiger partial charge in [-0.1, -0.05) is 6.07 Å². The van der Waals surface area contributed by atoms with E-state index in [0.29, 0.717) is 5.69 Å². The van der Waals surface area contributed by atoms with Crippen molar-refractivity contribution >= 4 is 10.0 Å². The van der Waals surface area contributed by atoms with E-state index in [2.05, 4.69) is 5.10 Å². The Morgan fingerprint density at radius 1 is 1.15 bits per heavy atom. The van der Waals surface area contributed by atoms with Crippen molar-refractivity contribution < 1.29 is 26.3 Å². The minimum atomic E-state index is -3.88. The van der Waals surface area contributed by atoms with Gasteiger partial charge in [-0.05, 0) is 42.0 Å². The summed E-state index contributed by atoms with van der Waals surface area (Å²) >= 11 is 0. The first-order valence-electron chi connectivity index (χ1n) is 7.55. The van der Waals surface area contributed by atoms with Gasteiger partial charge < -0.3 is 4.74 Å². The third-order valence-corrected chi connectivity index (χ3v) is 4.77. The van der Waals surface area contributed by atoms with E-state index in [1.165, 1.54) is 49.7 Å². The highest BCUT2D eigenvalue weighted by Crippen LogP contribution is 2.33. The van der Waals surface area contributed by atoms with E-state index in [9.17, 15) is 21.6 Å². The summed E-state index contributed by atoms with van der Waals surface area (Å²) in [6.07, 6.45) is -1.58. The first kappa shape index (κ1) is 18.9. The lowest BCUT2D eigenvalue weighted by Gasteiger charge is -2.05. The third kappa shape index (κ3) is 3.81. The summed E-state index contributed by atoms with van der Waals surface area (Å²) in [6, 6.07) is 9.08. The number of halogens is 3. The summed E-state index contributed by atoms with van der Waals surface area (Å²) in [6.45, 7) is 0. The summed E-state index contributed by atoms with van der Waals surface area (Å²) in [4.78, 5) is -0.120. The average molecular weight is 397 g/mol. The molecule has 2 N–H and O–H groups in total. The summed E-state index contributed by atoms with van der Waals surface area (Å²) < 4.78 is 69.4. The van der Waals surface area contributed by atoms with Gasteiger partial charge in [0.2, 0.25) is 10.0 Å². The van der Waals surface area contributed by atoms with Crippen LogP contribution in [-0.4, -0.2) is 25.3 Å². The van der Waals surface area contributed by atoms with Gasteiger partial charge in [0, 0.05) is 11.8 Å². The Kier molecular flexibility index (Phi) is 4.94. The zero-order chi connectivity index (χ0) is 19.8. The van der Waals surface area contributed by atoms with Gasteiger partial charge in [-0.15, -0.1) is 0 Å². The van der Waals surface area contributed by atoms with E-state index in [0.717, 1.165) is 10.7 Å². The predicted molar refractivity (Wildman–Crippen MR) is 91.8 cm³/mol. The van der Waals surface area contributed by atoms with Crippen LogP contribution in [-0.2, 0) is 10.0 Å². The molecule has 142 valence electrons. The minimum Gasteiger partial charge on any atom is -0.494 e. The molecule has 1 heterocycles. The van der Waals surface area contributed by atoms with Gasteiger partial charge in [-0.25, -0.2) is 31.4 Å². The van der Waals surface area contributed by atoms with E-state index < -0.39 is 28.0 Å². The van der Waals surface area contributed by atoms with Gasteiger partial charge >= 0.3 is 0 Å². The van der Waals surface area contributed by atoms with Gasteiger partial charge in [0.25, 0.3) is 6.43 Å². The maximum Gasteiger partial charge on any atom is 0.282 e. The standard InChI is InChI=1S/C17H14F3N3O3S/c1-26-15-7-2-10(8-14(15)18)13-9-23(22-16(13)17(19)20)11-3-5-12(6-4-11)27(21,24)25/h2-9,17H,1H3,(H2,21,24,25). The van der Waals surface area contributed by atoms with E-state index in [1.807, 2.05) is 0 Å². The maximum absolute atomic E-state index is 13.9. The van der Waals surface area contributed by atoms with Gasteiger partial charge in [-0.2, -0.15) is 5.10 Å². The fourth-order valence-corrected chi connectivity index (χ4v) is 3.04. The molecule has 6 nitrogen and oxygen atoms in total. The lowest BCUT2D eigenvalue weighted by Crippen LogP contribution is -2.12. The monoisotopic (exact) mass is 397 g/mol. The Balaban J connectivity index is 2.07. The van der Waals surface area contributed by atoms with E-state index in [4.69, 9.17) is 9.88 Å². The molecule has 0 aliphatic rings. The predicted octanol–water partition coefficient (Wildman–Crippen LogP) is 3.27. The van der Waals surface area contributed by atoms with E-state index in [-0.39, 0.29) is 21.8 Å². The lowest BCUT2D eigenvalue weighted by atomic mass is 10.1. The molecule has 1 aromatic heterocycles. The SMILES string of the molecule is COc1ccc(-c2cn(-c3ccc(S(N)(=O)=O)cc3)nc2C(F)F)cc1F. The van der Waals surface area contributed by atoms with Gasteiger partial charge in [-0.3, -0.25) is 0 Å². The van der Waals surface area contributed by atoms with Crippen LogP contribution in [0.5, 0.6) is 5.75 Å². The third-order valence-electron chi connectivity index (χ3n) is 3.84. The van der Waals surface area contributed by atoms with Gasteiger partial charge in [0.1, 0.15) is 5.69 Å². The Morgan fingerprint density at radius 2 is 1.81 bits per heavy atom. The number of sulfonamides is 1. The number of ether oxygens (including phenoxy) is 1. The van der Waals surface area contributed by atoms with Crippen molar-refractivity contribution in [2.45, 2.75) is 11.3 Å². The fraction of sp³-hybridized carbons (Fsp3) is 0.118. The first-order valence-corrected chi connectivity index (χ1v) is 9.10. The van der Waals surface area contributed by atoms with Gasteiger partial charge in [0.05, 0.1) is 17.7 Å². The van der Waals surface area contributed by atoms with E-state index in [1.54, 1.807) is 0 Å². The number of nitrogens with zero attached hydrogens (tertiary/aromatic N) is 2.